The van der Waals surface area contributed by atoms with Gasteiger partial charge in [-0.2, -0.15) is 0 Å². The number of hydrogen-bond donors (Lipinski definition) is 2. The van der Waals surface area contributed by atoms with Gasteiger partial charge in [0.2, 0.25) is 0 Å². The van der Waals surface area contributed by atoms with E-state index in [-0.39, 0.29) is 0 Å². The number of hydrogen-bond acceptors (Lipinski definition) is 3. The van der Waals surface area contributed by atoms with Crippen LogP contribution in [0.4, 0.5) is 0 Å². The molecule has 0 amide bonds. The second-order valence-electron chi connectivity index (χ2n) is 4.04. The van der Waals surface area contributed by atoms with Crippen LogP contribution in [0.2, 0.25) is 0 Å². The van der Waals surface area contributed by atoms with Gasteiger partial charge >= 0.3 is 0 Å². The lowest BCUT2D eigenvalue weighted by molar-refractivity contribution is 0.145. The first-order valence-corrected chi connectivity index (χ1v) is 6.09. The number of ether oxygens (including phenoxy) is 1. The monoisotopic (exact) mass is 233 g/mol. The van der Waals surface area contributed by atoms with Crippen LogP contribution in [0.25, 0.3) is 11.0 Å². The highest BCUT2D eigenvalue weighted by atomic mass is 16.5. The molecule has 0 aliphatic rings. The summed E-state index contributed by atoms with van der Waals surface area (Å²) in [5, 5.41) is 0. The van der Waals surface area contributed by atoms with Crippen molar-refractivity contribution in [2.75, 3.05) is 13.2 Å². The van der Waals surface area contributed by atoms with Crippen molar-refractivity contribution in [3.05, 3.63) is 29.6 Å². The Morgan fingerprint density at radius 2 is 2.29 bits per heavy atom. The zero-order valence-corrected chi connectivity index (χ0v) is 10.2. The van der Waals surface area contributed by atoms with E-state index in [1.165, 1.54) is 0 Å². The van der Waals surface area contributed by atoms with Crippen molar-refractivity contribution in [1.29, 1.82) is 0 Å². The van der Waals surface area contributed by atoms with Gasteiger partial charge in [-0.1, -0.05) is 6.07 Å². The summed E-state index contributed by atoms with van der Waals surface area (Å²) in [6, 6.07) is 6.10. The second kappa shape index (κ2) is 5.80. The third-order valence-corrected chi connectivity index (χ3v) is 2.74. The molecular weight excluding hydrogens is 214 g/mol. The van der Waals surface area contributed by atoms with E-state index in [4.69, 9.17) is 10.5 Å². The van der Waals surface area contributed by atoms with Gasteiger partial charge in [0.1, 0.15) is 5.82 Å². The Bertz CT molecular complexity index is 478. The quantitative estimate of drug-likeness (QED) is 0.750. The lowest BCUT2D eigenvalue weighted by Crippen LogP contribution is -1.97. The second-order valence-corrected chi connectivity index (χ2v) is 4.04. The van der Waals surface area contributed by atoms with Crippen LogP contribution in [-0.4, -0.2) is 23.2 Å². The maximum atomic E-state index is 5.61. The minimum atomic E-state index is 0.564. The SMILES string of the molecule is CCOCCCc1nc2ccc(CN)cc2[nH]1. The number of aryl methyl sites for hydroxylation is 1. The van der Waals surface area contributed by atoms with Gasteiger partial charge in [-0.3, -0.25) is 0 Å². The van der Waals surface area contributed by atoms with Crippen molar-refractivity contribution in [1.82, 2.24) is 9.97 Å². The lowest BCUT2D eigenvalue weighted by Gasteiger charge is -1.98. The topological polar surface area (TPSA) is 63.9 Å². The number of aromatic amines is 1. The van der Waals surface area contributed by atoms with E-state index in [9.17, 15) is 0 Å². The molecule has 0 saturated heterocycles. The largest absolute Gasteiger partial charge is 0.382 e. The fraction of sp³-hybridized carbons (Fsp3) is 0.462. The molecule has 0 aliphatic heterocycles. The van der Waals surface area contributed by atoms with Crippen LogP contribution in [0.1, 0.15) is 24.7 Å². The Kier molecular flexibility index (Phi) is 4.12. The summed E-state index contributed by atoms with van der Waals surface area (Å²) >= 11 is 0. The van der Waals surface area contributed by atoms with Crippen LogP contribution in [-0.2, 0) is 17.7 Å². The molecule has 0 spiro atoms. The summed E-state index contributed by atoms with van der Waals surface area (Å²) in [6.45, 7) is 4.14. The van der Waals surface area contributed by atoms with Crippen molar-refractivity contribution in [3.8, 4) is 0 Å². The van der Waals surface area contributed by atoms with Gasteiger partial charge < -0.3 is 15.5 Å². The van der Waals surface area contributed by atoms with Gasteiger partial charge in [-0.05, 0) is 31.0 Å². The maximum absolute atomic E-state index is 5.61. The van der Waals surface area contributed by atoms with Crippen LogP contribution < -0.4 is 5.73 Å². The normalized spacial score (nSPS) is 11.2. The van der Waals surface area contributed by atoms with E-state index in [1.807, 2.05) is 19.1 Å². The van der Waals surface area contributed by atoms with Gasteiger partial charge in [0.15, 0.2) is 0 Å². The molecule has 0 radical (unpaired) electrons. The molecule has 2 aromatic rings. The number of aromatic nitrogens is 2. The Labute approximate surface area is 101 Å². The van der Waals surface area contributed by atoms with Crippen LogP contribution >= 0.6 is 0 Å². The fourth-order valence-corrected chi connectivity index (χ4v) is 1.84. The summed E-state index contributed by atoms with van der Waals surface area (Å²) in [5.41, 5.74) is 8.81. The number of H-pyrrole nitrogens is 1. The summed E-state index contributed by atoms with van der Waals surface area (Å²) in [4.78, 5) is 7.86. The smallest absolute Gasteiger partial charge is 0.107 e. The predicted molar refractivity (Wildman–Crippen MR) is 68.8 cm³/mol. The van der Waals surface area contributed by atoms with E-state index >= 15 is 0 Å². The molecule has 0 saturated carbocycles. The van der Waals surface area contributed by atoms with Crippen molar-refractivity contribution in [2.45, 2.75) is 26.3 Å². The number of benzene rings is 1. The first-order chi connectivity index (χ1) is 8.33. The van der Waals surface area contributed by atoms with E-state index in [0.717, 1.165) is 48.5 Å². The highest BCUT2D eigenvalue weighted by Crippen LogP contribution is 2.14. The van der Waals surface area contributed by atoms with Crippen molar-refractivity contribution in [2.24, 2.45) is 5.73 Å². The van der Waals surface area contributed by atoms with E-state index in [2.05, 4.69) is 16.0 Å². The summed E-state index contributed by atoms with van der Waals surface area (Å²) in [6.07, 6.45) is 1.92. The molecule has 0 atom stereocenters. The fourth-order valence-electron chi connectivity index (χ4n) is 1.84. The first-order valence-electron chi connectivity index (χ1n) is 6.09. The minimum Gasteiger partial charge on any atom is -0.382 e. The summed E-state index contributed by atoms with van der Waals surface area (Å²) < 4.78 is 5.31. The zero-order valence-electron chi connectivity index (χ0n) is 10.2. The molecule has 4 nitrogen and oxygen atoms in total. The van der Waals surface area contributed by atoms with E-state index < -0.39 is 0 Å². The maximum Gasteiger partial charge on any atom is 0.107 e. The summed E-state index contributed by atoms with van der Waals surface area (Å²) in [5.74, 6) is 1.02. The Balaban J connectivity index is 2.04. The average molecular weight is 233 g/mol. The molecule has 92 valence electrons. The molecule has 1 aromatic carbocycles. The third-order valence-electron chi connectivity index (χ3n) is 2.74. The van der Waals surface area contributed by atoms with Gasteiger partial charge in [-0.15, -0.1) is 0 Å². The molecule has 1 heterocycles. The molecule has 0 bridgehead atoms. The standard InChI is InChI=1S/C13H19N3O/c1-2-17-7-3-4-13-15-11-6-5-10(9-14)8-12(11)16-13/h5-6,8H,2-4,7,9,14H2,1H3,(H,15,16). The number of nitrogens with two attached hydrogens (primary N) is 1. The van der Waals surface area contributed by atoms with Crippen LogP contribution in [0.5, 0.6) is 0 Å². The van der Waals surface area contributed by atoms with Gasteiger partial charge in [0, 0.05) is 26.2 Å². The molecule has 0 fully saturated rings. The third kappa shape index (κ3) is 3.05. The van der Waals surface area contributed by atoms with Gasteiger partial charge in [0.05, 0.1) is 11.0 Å². The summed E-state index contributed by atoms with van der Waals surface area (Å²) in [7, 11) is 0. The highest BCUT2D eigenvalue weighted by molar-refractivity contribution is 5.75. The molecule has 0 aliphatic carbocycles. The number of nitrogens with zero attached hydrogens (tertiary/aromatic N) is 1. The number of rotatable bonds is 6. The van der Waals surface area contributed by atoms with Crippen LogP contribution in [0.15, 0.2) is 18.2 Å². The Morgan fingerprint density at radius 1 is 1.41 bits per heavy atom. The van der Waals surface area contributed by atoms with Crippen molar-refractivity contribution < 1.29 is 4.74 Å². The first kappa shape index (κ1) is 12.1. The van der Waals surface area contributed by atoms with Gasteiger partial charge in [-0.25, -0.2) is 4.98 Å². The number of fused-ring (bicyclic) bond motifs is 1. The van der Waals surface area contributed by atoms with Crippen LogP contribution in [0, 0.1) is 0 Å². The lowest BCUT2D eigenvalue weighted by atomic mass is 10.2. The number of nitrogens with one attached hydrogen (secondary N) is 1. The Hall–Kier alpha value is -1.39. The zero-order chi connectivity index (χ0) is 12.1. The van der Waals surface area contributed by atoms with Crippen molar-refractivity contribution >= 4 is 11.0 Å². The number of imidazole rings is 1. The molecule has 1 aromatic heterocycles. The van der Waals surface area contributed by atoms with Crippen LogP contribution in [0.3, 0.4) is 0 Å². The molecular formula is C13H19N3O. The van der Waals surface area contributed by atoms with Crippen molar-refractivity contribution in [3.63, 3.8) is 0 Å². The predicted octanol–water partition coefficient (Wildman–Crippen LogP) is 1.99. The molecule has 4 heteroatoms. The van der Waals surface area contributed by atoms with E-state index in [0.29, 0.717) is 6.54 Å². The Morgan fingerprint density at radius 3 is 3.06 bits per heavy atom. The molecule has 17 heavy (non-hydrogen) atoms. The molecule has 0 unspecified atom stereocenters. The molecule has 3 N–H and O–H groups in total. The minimum absolute atomic E-state index is 0.564. The van der Waals surface area contributed by atoms with Gasteiger partial charge in [0.25, 0.3) is 0 Å². The van der Waals surface area contributed by atoms with E-state index in [1.54, 1.807) is 0 Å². The molecule has 2 rings (SSSR count). The highest BCUT2D eigenvalue weighted by Gasteiger charge is 2.03. The average Bonchev–Trinajstić information content (AvgIpc) is 2.76.